The van der Waals surface area contributed by atoms with Crippen molar-refractivity contribution in [2.75, 3.05) is 11.9 Å². The van der Waals surface area contributed by atoms with Crippen molar-refractivity contribution in [1.29, 1.82) is 0 Å². The van der Waals surface area contributed by atoms with Gasteiger partial charge in [0.1, 0.15) is 6.04 Å². The van der Waals surface area contributed by atoms with E-state index in [0.717, 1.165) is 29.7 Å². The minimum Gasteiger partial charge on any atom is -0.454 e. The Bertz CT molecular complexity index is 1160. The molecule has 0 aromatic heterocycles. The Balaban J connectivity index is 1.31. The molecule has 3 amide bonds. The van der Waals surface area contributed by atoms with Crippen LogP contribution in [0.3, 0.4) is 0 Å². The van der Waals surface area contributed by atoms with Crippen molar-refractivity contribution in [3.8, 4) is 0 Å². The number of esters is 1. The summed E-state index contributed by atoms with van der Waals surface area (Å²) in [6.07, 6.45) is 2.91. The molecule has 1 aliphatic heterocycles. The van der Waals surface area contributed by atoms with E-state index in [9.17, 15) is 19.2 Å². The van der Waals surface area contributed by atoms with E-state index in [2.05, 4.69) is 5.32 Å². The minimum absolute atomic E-state index is 0.122. The van der Waals surface area contributed by atoms with E-state index in [4.69, 9.17) is 27.9 Å². The lowest BCUT2D eigenvalue weighted by molar-refractivity contribution is -0.160. The number of rotatable bonds is 7. The molecule has 0 unspecified atom stereocenters. The highest BCUT2D eigenvalue weighted by molar-refractivity contribution is 6.36. The maximum absolute atomic E-state index is 13.4. The summed E-state index contributed by atoms with van der Waals surface area (Å²) in [4.78, 5) is 53.4. The molecule has 2 aliphatic carbocycles. The molecular weight excluding hydrogens is 491 g/mol. The predicted molar refractivity (Wildman–Crippen MR) is 130 cm³/mol. The van der Waals surface area contributed by atoms with Gasteiger partial charge in [-0.3, -0.25) is 19.3 Å². The number of carbonyl (C=O) groups excluding carboxylic acids is 4. The molecule has 5 rings (SSSR count). The lowest BCUT2D eigenvalue weighted by Gasteiger charge is -2.26. The standard InChI is InChI=1S/C26H24Cl2N2O5/c27-17-8-9-19(18(28)12-17)29-21(31)13-35-26(34)20(10-14-4-2-1-3-5-14)30-24(32)22-15-6-7-16(11-15)23(22)25(30)33/h1-5,8-9,12,15-16,20,22-23H,6-7,10-11,13H2,(H,29,31)/t15-,16-,20+,22-,23+/m0/s1. The zero-order valence-corrected chi connectivity index (χ0v) is 20.3. The minimum atomic E-state index is -1.13. The Kier molecular flexibility index (Phi) is 6.55. The van der Waals surface area contributed by atoms with Crippen LogP contribution in [0, 0.1) is 23.7 Å². The van der Waals surface area contributed by atoms with E-state index < -0.39 is 24.5 Å². The van der Waals surface area contributed by atoms with E-state index in [1.54, 1.807) is 6.07 Å². The van der Waals surface area contributed by atoms with Crippen molar-refractivity contribution in [2.45, 2.75) is 31.7 Å². The highest BCUT2D eigenvalue weighted by Crippen LogP contribution is 2.56. The van der Waals surface area contributed by atoms with Gasteiger partial charge in [-0.15, -0.1) is 0 Å². The first-order valence-electron chi connectivity index (χ1n) is 11.7. The van der Waals surface area contributed by atoms with Crippen LogP contribution in [-0.2, 0) is 30.3 Å². The van der Waals surface area contributed by atoms with Gasteiger partial charge in [0.25, 0.3) is 5.91 Å². The molecule has 35 heavy (non-hydrogen) atoms. The molecule has 0 radical (unpaired) electrons. The average Bonchev–Trinajstić information content (AvgIpc) is 3.52. The van der Waals surface area contributed by atoms with Crippen molar-refractivity contribution in [2.24, 2.45) is 23.7 Å². The van der Waals surface area contributed by atoms with Crippen LogP contribution in [0.25, 0.3) is 0 Å². The van der Waals surface area contributed by atoms with E-state index in [-0.39, 0.29) is 46.9 Å². The first-order chi connectivity index (χ1) is 16.8. The van der Waals surface area contributed by atoms with Gasteiger partial charge in [-0.05, 0) is 54.9 Å². The van der Waals surface area contributed by atoms with Crippen molar-refractivity contribution >= 4 is 52.6 Å². The lowest BCUT2D eigenvalue weighted by atomic mass is 9.81. The van der Waals surface area contributed by atoms with Crippen molar-refractivity contribution in [3.63, 3.8) is 0 Å². The van der Waals surface area contributed by atoms with Gasteiger partial charge in [0.15, 0.2) is 6.61 Å². The molecular formula is C26H24Cl2N2O5. The number of hydrogen-bond donors (Lipinski definition) is 1. The van der Waals surface area contributed by atoms with E-state index >= 15 is 0 Å². The van der Waals surface area contributed by atoms with Crippen LogP contribution < -0.4 is 5.32 Å². The summed E-state index contributed by atoms with van der Waals surface area (Å²) in [5, 5.41) is 3.23. The van der Waals surface area contributed by atoms with Crippen molar-refractivity contribution in [1.82, 2.24) is 4.90 Å². The number of amides is 3. The molecule has 1 saturated heterocycles. The number of anilines is 1. The number of nitrogens with zero attached hydrogens (tertiary/aromatic N) is 1. The Morgan fingerprint density at radius 3 is 2.29 bits per heavy atom. The largest absolute Gasteiger partial charge is 0.454 e. The molecule has 1 heterocycles. The molecule has 0 spiro atoms. The normalized spacial score (nSPS) is 25.5. The van der Waals surface area contributed by atoms with Crippen LogP contribution in [0.5, 0.6) is 0 Å². The average molecular weight is 515 g/mol. The quantitative estimate of drug-likeness (QED) is 0.443. The fourth-order valence-corrected chi connectivity index (χ4v) is 6.32. The number of benzene rings is 2. The van der Waals surface area contributed by atoms with Crippen molar-refractivity contribution in [3.05, 3.63) is 64.1 Å². The third-order valence-corrected chi connectivity index (χ3v) is 7.92. The summed E-state index contributed by atoms with van der Waals surface area (Å²) in [7, 11) is 0. The van der Waals surface area contributed by atoms with Gasteiger partial charge in [0.05, 0.1) is 22.5 Å². The first-order valence-corrected chi connectivity index (χ1v) is 12.4. The van der Waals surface area contributed by atoms with Crippen LogP contribution in [-0.4, -0.2) is 41.2 Å². The summed E-state index contributed by atoms with van der Waals surface area (Å²) >= 11 is 12.0. The molecule has 9 heteroatoms. The number of hydrogen-bond acceptors (Lipinski definition) is 5. The fourth-order valence-electron chi connectivity index (χ4n) is 5.87. The number of carbonyl (C=O) groups is 4. The summed E-state index contributed by atoms with van der Waals surface area (Å²) in [6.45, 7) is -0.586. The van der Waals surface area contributed by atoms with E-state index in [1.807, 2.05) is 30.3 Å². The molecule has 3 fully saturated rings. The third-order valence-electron chi connectivity index (χ3n) is 7.37. The monoisotopic (exact) mass is 514 g/mol. The molecule has 182 valence electrons. The molecule has 1 N–H and O–H groups in total. The highest BCUT2D eigenvalue weighted by atomic mass is 35.5. The highest BCUT2D eigenvalue weighted by Gasteiger charge is 2.62. The number of halogens is 2. The third kappa shape index (κ3) is 4.55. The summed E-state index contributed by atoms with van der Waals surface area (Å²) in [5.74, 6) is -2.25. The first kappa shape index (κ1) is 23.8. The van der Waals surface area contributed by atoms with Crippen LogP contribution >= 0.6 is 23.2 Å². The summed E-state index contributed by atoms with van der Waals surface area (Å²) < 4.78 is 5.31. The Labute approximate surface area is 212 Å². The van der Waals surface area contributed by atoms with Crippen LogP contribution in [0.4, 0.5) is 5.69 Å². The Hall–Kier alpha value is -2.90. The second kappa shape index (κ2) is 9.63. The molecule has 5 atom stereocenters. The zero-order chi connectivity index (χ0) is 24.7. The number of fused-ring (bicyclic) bond motifs is 5. The maximum Gasteiger partial charge on any atom is 0.330 e. The van der Waals surface area contributed by atoms with E-state index in [1.165, 1.54) is 12.1 Å². The number of nitrogens with one attached hydrogen (secondary N) is 1. The van der Waals surface area contributed by atoms with Gasteiger partial charge >= 0.3 is 5.97 Å². The van der Waals surface area contributed by atoms with Crippen LogP contribution in [0.2, 0.25) is 10.0 Å². The summed E-state index contributed by atoms with van der Waals surface area (Å²) in [6, 6.07) is 12.6. The smallest absolute Gasteiger partial charge is 0.330 e. The number of ether oxygens (including phenoxy) is 1. The Morgan fingerprint density at radius 1 is 1.00 bits per heavy atom. The lowest BCUT2D eigenvalue weighted by Crippen LogP contribution is -2.48. The molecule has 2 aromatic carbocycles. The molecule has 3 aliphatic rings. The zero-order valence-electron chi connectivity index (χ0n) is 18.8. The van der Waals surface area contributed by atoms with E-state index in [0.29, 0.717) is 10.7 Å². The topological polar surface area (TPSA) is 92.8 Å². The molecule has 2 bridgehead atoms. The van der Waals surface area contributed by atoms with Gasteiger partial charge in [0, 0.05) is 11.4 Å². The van der Waals surface area contributed by atoms with Gasteiger partial charge in [-0.2, -0.15) is 0 Å². The maximum atomic E-state index is 13.4. The summed E-state index contributed by atoms with van der Waals surface area (Å²) in [5.41, 5.74) is 1.11. The Morgan fingerprint density at radius 2 is 1.66 bits per heavy atom. The molecule has 2 aromatic rings. The van der Waals surface area contributed by atoms with Gasteiger partial charge in [0.2, 0.25) is 11.8 Å². The second-order valence-corrected chi connectivity index (χ2v) is 10.3. The second-order valence-electron chi connectivity index (χ2n) is 9.42. The predicted octanol–water partition coefficient (Wildman–Crippen LogP) is 4.12. The SMILES string of the molecule is O=C(COC(=O)[C@@H](Cc1ccccc1)N1C(=O)[C@@H]2[C@H]3CC[C@@H](C3)[C@@H]2C1=O)Nc1ccc(Cl)cc1Cl. The van der Waals surface area contributed by atoms with Gasteiger partial charge < -0.3 is 10.1 Å². The number of imide groups is 1. The molecule has 2 saturated carbocycles. The van der Waals surface area contributed by atoms with Gasteiger partial charge in [-0.1, -0.05) is 53.5 Å². The van der Waals surface area contributed by atoms with Gasteiger partial charge in [-0.25, -0.2) is 4.79 Å². The molecule has 7 nitrogen and oxygen atoms in total. The fraction of sp³-hybridized carbons (Fsp3) is 0.385. The van der Waals surface area contributed by atoms with Crippen LogP contribution in [0.15, 0.2) is 48.5 Å². The van der Waals surface area contributed by atoms with Crippen molar-refractivity contribution < 1.29 is 23.9 Å². The number of likely N-dealkylation sites (tertiary alicyclic amines) is 1. The van der Waals surface area contributed by atoms with Crippen LogP contribution in [0.1, 0.15) is 24.8 Å².